The number of anilines is 2. The predicted molar refractivity (Wildman–Crippen MR) is 152 cm³/mol. The maximum absolute atomic E-state index is 13.1. The van der Waals surface area contributed by atoms with E-state index in [1.165, 1.54) is 0 Å². The van der Waals surface area contributed by atoms with Gasteiger partial charge in [-0.1, -0.05) is 0 Å². The number of nitrogens with one attached hydrogen (secondary N) is 1. The second-order valence-electron chi connectivity index (χ2n) is 9.75. The molecule has 9 nitrogen and oxygen atoms in total. The number of benzene rings is 2. The van der Waals surface area contributed by atoms with E-state index in [1.807, 2.05) is 57.6 Å². The molecule has 0 bridgehead atoms. The summed E-state index contributed by atoms with van der Waals surface area (Å²) in [4.78, 5) is 22.6. The van der Waals surface area contributed by atoms with Crippen molar-refractivity contribution in [2.45, 2.75) is 31.7 Å². The van der Waals surface area contributed by atoms with Gasteiger partial charge in [-0.05, 0) is 61.4 Å². The number of amides is 1. The number of piperazine rings is 1. The van der Waals surface area contributed by atoms with E-state index in [-0.39, 0.29) is 12.3 Å². The minimum Gasteiger partial charge on any atom is -0.497 e. The van der Waals surface area contributed by atoms with Crippen LogP contribution in [0.25, 0.3) is 0 Å². The summed E-state index contributed by atoms with van der Waals surface area (Å²) in [6.45, 7) is 8.96. The molecule has 1 fully saturated rings. The lowest BCUT2D eigenvalue weighted by Crippen LogP contribution is -2.46. The Morgan fingerprint density at radius 3 is 2.34 bits per heavy atom. The zero-order chi connectivity index (χ0) is 27.2. The number of imidazole rings is 1. The van der Waals surface area contributed by atoms with Gasteiger partial charge in [-0.25, -0.2) is 13.5 Å². The van der Waals surface area contributed by atoms with Crippen molar-refractivity contribution in [1.82, 2.24) is 18.8 Å². The number of aryl methyl sites for hydroxylation is 3. The molecule has 0 aliphatic carbocycles. The molecule has 1 aromatic heterocycles. The van der Waals surface area contributed by atoms with E-state index < -0.39 is 11.0 Å². The molecular weight excluding hydrogens is 500 g/mol. The topological polar surface area (TPSA) is 82.9 Å². The number of hydrogen-bond acceptors (Lipinski definition) is 6. The lowest BCUT2D eigenvalue weighted by Gasteiger charge is -2.36. The Kier molecular flexibility index (Phi) is 9.19. The van der Waals surface area contributed by atoms with Gasteiger partial charge in [-0.15, -0.1) is 0 Å². The molecule has 1 saturated heterocycles. The minimum absolute atomic E-state index is 0.104. The molecule has 10 heteroatoms. The van der Waals surface area contributed by atoms with Gasteiger partial charge in [0.2, 0.25) is 5.91 Å². The van der Waals surface area contributed by atoms with Crippen LogP contribution in [-0.2, 0) is 29.4 Å². The average molecular weight is 539 g/mol. The Hall–Kier alpha value is -3.21. The Bertz CT molecular complexity index is 1240. The fourth-order valence-corrected chi connectivity index (χ4v) is 5.93. The van der Waals surface area contributed by atoms with E-state index in [0.29, 0.717) is 6.54 Å². The quantitative estimate of drug-likeness (QED) is 0.426. The van der Waals surface area contributed by atoms with Crippen molar-refractivity contribution in [3.8, 4) is 5.75 Å². The van der Waals surface area contributed by atoms with Crippen LogP contribution in [-0.4, -0.2) is 75.8 Å². The SMILES string of the molecule is COc1cc(C)c(S(=O)N(C)CCC(=O)Nc2ccc(N3CCN(Cc4nccn4C)CC3)cc2)c(C)c1. The molecule has 38 heavy (non-hydrogen) atoms. The van der Waals surface area contributed by atoms with Gasteiger partial charge >= 0.3 is 0 Å². The lowest BCUT2D eigenvalue weighted by molar-refractivity contribution is -0.116. The second-order valence-corrected chi connectivity index (χ2v) is 11.3. The Labute approximate surface area is 228 Å². The lowest BCUT2D eigenvalue weighted by atomic mass is 10.1. The Balaban J connectivity index is 1.23. The van der Waals surface area contributed by atoms with Crippen LogP contribution in [0.1, 0.15) is 23.4 Å². The molecule has 0 radical (unpaired) electrons. The van der Waals surface area contributed by atoms with Crippen LogP contribution in [0, 0.1) is 13.8 Å². The number of carbonyl (C=O) groups excluding carboxylic acids is 1. The summed E-state index contributed by atoms with van der Waals surface area (Å²) in [5.74, 6) is 1.73. The van der Waals surface area contributed by atoms with Gasteiger partial charge in [-0.2, -0.15) is 0 Å². The van der Waals surface area contributed by atoms with Crippen LogP contribution < -0.4 is 15.0 Å². The van der Waals surface area contributed by atoms with Crippen LogP contribution in [0.4, 0.5) is 11.4 Å². The third kappa shape index (κ3) is 6.80. The van der Waals surface area contributed by atoms with Crippen LogP contribution >= 0.6 is 0 Å². The highest BCUT2D eigenvalue weighted by Crippen LogP contribution is 2.26. The molecule has 1 aliphatic rings. The van der Waals surface area contributed by atoms with Crippen molar-refractivity contribution >= 4 is 28.3 Å². The molecule has 2 heterocycles. The zero-order valence-corrected chi connectivity index (χ0v) is 23.8. The number of carbonyl (C=O) groups is 1. The van der Waals surface area contributed by atoms with E-state index in [9.17, 15) is 9.00 Å². The molecule has 0 saturated carbocycles. The predicted octanol–water partition coefficient (Wildman–Crippen LogP) is 3.35. The van der Waals surface area contributed by atoms with E-state index in [2.05, 4.69) is 36.8 Å². The maximum atomic E-state index is 13.1. The van der Waals surface area contributed by atoms with Crippen LogP contribution in [0.3, 0.4) is 0 Å². The number of hydrogen-bond donors (Lipinski definition) is 1. The van der Waals surface area contributed by atoms with Gasteiger partial charge in [0.15, 0.2) is 0 Å². The highest BCUT2D eigenvalue weighted by Gasteiger charge is 2.20. The van der Waals surface area contributed by atoms with Gasteiger partial charge in [-0.3, -0.25) is 9.69 Å². The number of nitrogens with zero attached hydrogens (tertiary/aromatic N) is 5. The first-order chi connectivity index (χ1) is 18.2. The first-order valence-corrected chi connectivity index (χ1v) is 14.0. The van der Waals surface area contributed by atoms with Gasteiger partial charge in [0.25, 0.3) is 0 Å². The molecule has 1 aliphatic heterocycles. The normalized spacial score (nSPS) is 15.1. The first kappa shape index (κ1) is 27.8. The molecule has 2 aromatic carbocycles. The maximum Gasteiger partial charge on any atom is 0.225 e. The highest BCUT2D eigenvalue weighted by atomic mass is 32.2. The van der Waals surface area contributed by atoms with Crippen molar-refractivity contribution in [1.29, 1.82) is 0 Å². The second kappa shape index (κ2) is 12.6. The molecule has 1 unspecified atom stereocenters. The van der Waals surface area contributed by atoms with Crippen LogP contribution in [0.15, 0.2) is 53.7 Å². The molecule has 204 valence electrons. The smallest absolute Gasteiger partial charge is 0.225 e. The summed E-state index contributed by atoms with van der Waals surface area (Å²) in [6, 6.07) is 11.8. The third-order valence-electron chi connectivity index (χ3n) is 6.96. The van der Waals surface area contributed by atoms with Crippen molar-refractivity contribution in [3.05, 3.63) is 65.7 Å². The van der Waals surface area contributed by atoms with Crippen molar-refractivity contribution in [2.75, 3.05) is 57.1 Å². The van der Waals surface area contributed by atoms with E-state index in [0.717, 1.165) is 71.7 Å². The Morgan fingerprint density at radius 1 is 1.11 bits per heavy atom. The molecule has 0 spiro atoms. The number of methoxy groups -OCH3 is 1. The molecule has 1 amide bonds. The van der Waals surface area contributed by atoms with Crippen LogP contribution in [0.5, 0.6) is 5.75 Å². The van der Waals surface area contributed by atoms with Gasteiger partial charge in [0.1, 0.15) is 22.6 Å². The fraction of sp³-hybridized carbons (Fsp3) is 0.429. The highest BCUT2D eigenvalue weighted by molar-refractivity contribution is 7.82. The van der Waals surface area contributed by atoms with E-state index in [4.69, 9.17) is 4.74 Å². The largest absolute Gasteiger partial charge is 0.497 e. The van der Waals surface area contributed by atoms with Crippen molar-refractivity contribution in [3.63, 3.8) is 0 Å². The Morgan fingerprint density at radius 2 is 1.76 bits per heavy atom. The molecule has 1 N–H and O–H groups in total. The van der Waals surface area contributed by atoms with E-state index in [1.54, 1.807) is 18.5 Å². The number of ether oxygens (including phenoxy) is 1. The van der Waals surface area contributed by atoms with E-state index >= 15 is 0 Å². The number of aromatic nitrogens is 2. The number of rotatable bonds is 10. The molecule has 4 rings (SSSR count). The monoisotopic (exact) mass is 538 g/mol. The summed E-state index contributed by atoms with van der Waals surface area (Å²) in [5.41, 5.74) is 3.73. The molecule has 3 aromatic rings. The van der Waals surface area contributed by atoms with Crippen molar-refractivity contribution in [2.24, 2.45) is 7.05 Å². The van der Waals surface area contributed by atoms with Gasteiger partial charge < -0.3 is 19.5 Å². The summed E-state index contributed by atoms with van der Waals surface area (Å²) in [7, 11) is 4.07. The zero-order valence-electron chi connectivity index (χ0n) is 22.9. The van der Waals surface area contributed by atoms with Gasteiger partial charge in [0.05, 0.1) is 18.6 Å². The summed E-state index contributed by atoms with van der Waals surface area (Å²) in [5, 5.41) is 2.96. The fourth-order valence-electron chi connectivity index (χ4n) is 4.69. The average Bonchev–Trinajstić information content (AvgIpc) is 3.31. The summed E-state index contributed by atoms with van der Waals surface area (Å²) < 4.78 is 22.2. The van der Waals surface area contributed by atoms with Crippen LogP contribution in [0.2, 0.25) is 0 Å². The van der Waals surface area contributed by atoms with Crippen molar-refractivity contribution < 1.29 is 13.7 Å². The summed E-state index contributed by atoms with van der Waals surface area (Å²) in [6.07, 6.45) is 4.07. The summed E-state index contributed by atoms with van der Waals surface area (Å²) >= 11 is 0. The molecular formula is C28H38N6O3S. The minimum atomic E-state index is -1.36. The molecule has 1 atom stereocenters. The first-order valence-electron chi connectivity index (χ1n) is 12.9. The van der Waals surface area contributed by atoms with Gasteiger partial charge in [0, 0.05) is 77.0 Å². The standard InChI is InChI=1S/C28H38N6O3S/c1-21-18-25(37-5)19-22(2)28(21)38(36)32(4)12-10-27(35)30-23-6-8-24(9-7-23)34-16-14-33(15-17-34)20-26-29-11-13-31(26)3/h6-9,11,13,18-19H,10,12,14-17,20H2,1-5H3,(H,30,35). The third-order valence-corrected chi connectivity index (χ3v) is 8.70.